The predicted octanol–water partition coefficient (Wildman–Crippen LogP) is 3.77. The second-order valence-electron chi connectivity index (χ2n) is 9.03. The molecule has 4 aromatic rings. The first kappa shape index (κ1) is 24.2. The monoisotopic (exact) mass is 496 g/mol. The number of nitrogens with two attached hydrogens (primary N) is 1. The number of anilines is 2. The van der Waals surface area contributed by atoms with Crippen molar-refractivity contribution < 1.29 is 14.7 Å². The van der Waals surface area contributed by atoms with Gasteiger partial charge in [0.2, 0.25) is 5.91 Å². The number of fused-ring (bicyclic) bond motifs is 1. The highest BCUT2D eigenvalue weighted by molar-refractivity contribution is 6.05. The number of benzene rings is 2. The molecule has 0 bridgehead atoms. The Morgan fingerprint density at radius 1 is 1.16 bits per heavy atom. The second-order valence-corrected chi connectivity index (χ2v) is 9.03. The molecule has 1 atom stereocenters. The Morgan fingerprint density at radius 3 is 2.62 bits per heavy atom. The zero-order valence-corrected chi connectivity index (χ0v) is 20.3. The third kappa shape index (κ3) is 4.68. The number of amides is 2. The number of para-hydroxylation sites is 1. The normalized spacial score (nSPS) is 15.5. The molecule has 2 amide bonds. The van der Waals surface area contributed by atoms with Crippen LogP contribution < -0.4 is 11.1 Å². The minimum absolute atomic E-state index is 0.100. The topological polar surface area (TPSA) is 126 Å². The van der Waals surface area contributed by atoms with Gasteiger partial charge < -0.3 is 21.1 Å². The predicted molar refractivity (Wildman–Crippen MR) is 143 cm³/mol. The van der Waals surface area contributed by atoms with Crippen LogP contribution in [0.25, 0.3) is 22.2 Å². The standard InChI is InChI=1S/C28H28N6O3/c1-2-23(36)33-14-6-9-22(16-33)34-26-20(17-35)15-30-27(29)24(26)25(32-34)18-10-12-19(13-11-18)28(37)31-21-7-4-3-5-8-21/h2-5,7-8,10-13,15,22,35H,1,6,9,14,16-17H2,(H2,29,30)(H,31,37). The van der Waals surface area contributed by atoms with Crippen LogP contribution in [0.1, 0.15) is 34.8 Å². The van der Waals surface area contributed by atoms with Crippen molar-refractivity contribution in [1.29, 1.82) is 0 Å². The van der Waals surface area contributed by atoms with Crippen molar-refractivity contribution in [2.24, 2.45) is 0 Å². The van der Waals surface area contributed by atoms with E-state index < -0.39 is 0 Å². The first-order valence-corrected chi connectivity index (χ1v) is 12.1. The number of hydrogen-bond donors (Lipinski definition) is 3. The lowest BCUT2D eigenvalue weighted by Crippen LogP contribution is -2.40. The van der Waals surface area contributed by atoms with Gasteiger partial charge >= 0.3 is 0 Å². The van der Waals surface area contributed by atoms with Gasteiger partial charge in [-0.05, 0) is 43.2 Å². The molecular weight excluding hydrogens is 468 g/mol. The van der Waals surface area contributed by atoms with Crippen LogP contribution in [-0.4, -0.2) is 49.7 Å². The van der Waals surface area contributed by atoms with E-state index in [1.807, 2.05) is 47.1 Å². The first-order chi connectivity index (χ1) is 18.0. The van der Waals surface area contributed by atoms with Crippen molar-refractivity contribution in [2.75, 3.05) is 24.1 Å². The largest absolute Gasteiger partial charge is 0.392 e. The molecule has 1 aliphatic heterocycles. The number of nitrogens with one attached hydrogen (secondary N) is 1. The fraction of sp³-hybridized carbons (Fsp3) is 0.214. The summed E-state index contributed by atoms with van der Waals surface area (Å²) < 4.78 is 1.87. The molecular formula is C28H28N6O3. The molecule has 1 fully saturated rings. The highest BCUT2D eigenvalue weighted by Crippen LogP contribution is 2.36. The average molecular weight is 497 g/mol. The van der Waals surface area contributed by atoms with Crippen molar-refractivity contribution in [2.45, 2.75) is 25.5 Å². The Labute approximate surface area is 214 Å². The van der Waals surface area contributed by atoms with E-state index in [1.54, 1.807) is 23.2 Å². The molecule has 0 aliphatic carbocycles. The van der Waals surface area contributed by atoms with Crippen molar-refractivity contribution >= 4 is 34.2 Å². The maximum Gasteiger partial charge on any atom is 0.255 e. The summed E-state index contributed by atoms with van der Waals surface area (Å²) >= 11 is 0. The van der Waals surface area contributed by atoms with Gasteiger partial charge in [-0.3, -0.25) is 14.3 Å². The van der Waals surface area contributed by atoms with E-state index in [-0.39, 0.29) is 24.5 Å². The van der Waals surface area contributed by atoms with E-state index in [2.05, 4.69) is 16.9 Å². The number of likely N-dealkylation sites (tertiary alicyclic amines) is 1. The Bertz CT molecular complexity index is 1460. The summed E-state index contributed by atoms with van der Waals surface area (Å²) in [5.74, 6) is -0.0328. The van der Waals surface area contributed by atoms with E-state index in [0.29, 0.717) is 52.3 Å². The third-order valence-corrected chi connectivity index (χ3v) is 6.68. The van der Waals surface area contributed by atoms with Crippen LogP contribution >= 0.6 is 0 Å². The number of carbonyl (C=O) groups excluding carboxylic acids is 2. The number of aliphatic hydroxyl groups is 1. The molecule has 1 aliphatic rings. The summed E-state index contributed by atoms with van der Waals surface area (Å²) in [5.41, 5.74) is 10.2. The van der Waals surface area contributed by atoms with Crippen molar-refractivity contribution in [3.8, 4) is 11.3 Å². The van der Waals surface area contributed by atoms with Crippen LogP contribution in [-0.2, 0) is 11.4 Å². The number of aliphatic hydroxyl groups excluding tert-OH is 1. The fourth-order valence-corrected chi connectivity index (χ4v) is 4.83. The lowest BCUT2D eigenvalue weighted by atomic mass is 10.0. The number of pyridine rings is 1. The summed E-state index contributed by atoms with van der Waals surface area (Å²) in [5, 5.41) is 18.5. The molecule has 2 aromatic heterocycles. The molecule has 1 unspecified atom stereocenters. The van der Waals surface area contributed by atoms with Crippen molar-refractivity contribution in [3.05, 3.63) is 84.6 Å². The van der Waals surface area contributed by atoms with Crippen LogP contribution in [0.2, 0.25) is 0 Å². The van der Waals surface area contributed by atoms with Gasteiger partial charge in [-0.25, -0.2) is 4.98 Å². The number of aromatic nitrogens is 3. The molecule has 0 saturated carbocycles. The van der Waals surface area contributed by atoms with Gasteiger partial charge in [0.25, 0.3) is 5.91 Å². The number of piperidine rings is 1. The van der Waals surface area contributed by atoms with Crippen LogP contribution in [0.4, 0.5) is 11.5 Å². The number of nitrogens with zero attached hydrogens (tertiary/aromatic N) is 4. The maximum absolute atomic E-state index is 12.7. The summed E-state index contributed by atoms with van der Waals surface area (Å²) in [4.78, 5) is 31.1. The number of carbonyl (C=O) groups is 2. The zero-order chi connectivity index (χ0) is 25.9. The lowest BCUT2D eigenvalue weighted by Gasteiger charge is -2.32. The fourth-order valence-electron chi connectivity index (χ4n) is 4.83. The number of nitrogen functional groups attached to an aromatic ring is 1. The van der Waals surface area contributed by atoms with Gasteiger partial charge in [-0.15, -0.1) is 0 Å². The third-order valence-electron chi connectivity index (χ3n) is 6.68. The Balaban J connectivity index is 1.53. The SMILES string of the molecule is C=CC(=O)N1CCCC(n2nc(-c3ccc(C(=O)Nc4ccccc4)cc3)c3c(N)ncc(CO)c32)C1. The van der Waals surface area contributed by atoms with Gasteiger partial charge in [0.1, 0.15) is 11.5 Å². The Hall–Kier alpha value is -4.50. The molecule has 37 heavy (non-hydrogen) atoms. The number of rotatable bonds is 6. The van der Waals surface area contributed by atoms with E-state index in [0.717, 1.165) is 18.4 Å². The van der Waals surface area contributed by atoms with Crippen LogP contribution in [0.3, 0.4) is 0 Å². The zero-order valence-electron chi connectivity index (χ0n) is 20.3. The molecule has 0 spiro atoms. The summed E-state index contributed by atoms with van der Waals surface area (Å²) in [6, 6.07) is 16.3. The molecule has 0 radical (unpaired) electrons. The lowest BCUT2D eigenvalue weighted by molar-refractivity contribution is -0.127. The first-order valence-electron chi connectivity index (χ1n) is 12.1. The molecule has 9 heteroatoms. The number of hydrogen-bond acceptors (Lipinski definition) is 6. The van der Waals surface area contributed by atoms with Crippen LogP contribution in [0.5, 0.6) is 0 Å². The van der Waals surface area contributed by atoms with Gasteiger partial charge in [0, 0.05) is 41.7 Å². The minimum atomic E-state index is -0.227. The van der Waals surface area contributed by atoms with E-state index in [1.165, 1.54) is 6.08 Å². The van der Waals surface area contributed by atoms with Crippen molar-refractivity contribution in [3.63, 3.8) is 0 Å². The minimum Gasteiger partial charge on any atom is -0.392 e. The molecule has 188 valence electrons. The van der Waals surface area contributed by atoms with E-state index in [4.69, 9.17) is 10.8 Å². The van der Waals surface area contributed by atoms with E-state index >= 15 is 0 Å². The van der Waals surface area contributed by atoms with Gasteiger partial charge in [0.15, 0.2) is 0 Å². The summed E-state index contributed by atoms with van der Waals surface area (Å²) in [6.07, 6.45) is 4.53. The van der Waals surface area contributed by atoms with Crippen LogP contribution in [0.15, 0.2) is 73.4 Å². The Morgan fingerprint density at radius 2 is 1.92 bits per heavy atom. The second kappa shape index (κ2) is 10.2. The highest BCUT2D eigenvalue weighted by Gasteiger charge is 2.28. The molecule has 1 saturated heterocycles. The summed E-state index contributed by atoms with van der Waals surface area (Å²) in [6.45, 7) is 4.52. The molecule has 4 N–H and O–H groups in total. The smallest absolute Gasteiger partial charge is 0.255 e. The Kier molecular flexibility index (Phi) is 6.70. The molecule has 5 rings (SSSR count). The average Bonchev–Trinajstić information content (AvgIpc) is 3.35. The summed E-state index contributed by atoms with van der Waals surface area (Å²) in [7, 11) is 0. The highest BCUT2D eigenvalue weighted by atomic mass is 16.3. The van der Waals surface area contributed by atoms with Crippen LogP contribution in [0, 0.1) is 0 Å². The van der Waals surface area contributed by atoms with E-state index in [9.17, 15) is 14.7 Å². The maximum atomic E-state index is 12.7. The molecule has 3 heterocycles. The molecule has 9 nitrogen and oxygen atoms in total. The quantitative estimate of drug-likeness (QED) is 0.349. The molecule has 2 aromatic carbocycles. The van der Waals surface area contributed by atoms with Gasteiger partial charge in [-0.2, -0.15) is 5.10 Å². The van der Waals surface area contributed by atoms with Gasteiger partial charge in [0.05, 0.1) is 23.6 Å². The van der Waals surface area contributed by atoms with Gasteiger partial charge in [-0.1, -0.05) is 36.9 Å². The van der Waals surface area contributed by atoms with Crippen molar-refractivity contribution in [1.82, 2.24) is 19.7 Å².